The van der Waals surface area contributed by atoms with Crippen LogP contribution in [0.15, 0.2) is 24.8 Å². The van der Waals surface area contributed by atoms with E-state index in [0.717, 1.165) is 5.56 Å². The Balaban J connectivity index is 3.05. The molecule has 0 heterocycles. The van der Waals surface area contributed by atoms with Crippen LogP contribution in [0.25, 0.3) is 0 Å². The van der Waals surface area contributed by atoms with E-state index in [0.29, 0.717) is 16.5 Å². The molecule has 0 aliphatic carbocycles. The van der Waals surface area contributed by atoms with Crippen LogP contribution in [0.3, 0.4) is 0 Å². The number of rotatable bonds is 5. The van der Waals surface area contributed by atoms with Crippen LogP contribution in [-0.4, -0.2) is 26.2 Å². The lowest BCUT2D eigenvalue weighted by Gasteiger charge is -2.17. The largest absolute Gasteiger partial charge is 0.495 e. The van der Waals surface area contributed by atoms with Crippen molar-refractivity contribution in [2.45, 2.75) is 13.0 Å². The van der Waals surface area contributed by atoms with Crippen molar-refractivity contribution in [2.24, 2.45) is 0 Å². The maximum absolute atomic E-state index is 11.5. The molecule has 1 aromatic carbocycles. The van der Waals surface area contributed by atoms with Crippen LogP contribution in [0, 0.1) is 6.92 Å². The number of carbonyl (C=O) groups is 1. The molecule has 1 aromatic rings. The van der Waals surface area contributed by atoms with E-state index in [1.54, 1.807) is 12.1 Å². The molecule has 1 rings (SSSR count). The number of carbonyl (C=O) groups excluding carboxylic acids is 1. The summed E-state index contributed by atoms with van der Waals surface area (Å²) in [5.74, 6) is 0.140. The third kappa shape index (κ3) is 3.17. The van der Waals surface area contributed by atoms with Crippen molar-refractivity contribution >= 4 is 23.3 Å². The number of benzene rings is 1. The van der Waals surface area contributed by atoms with Crippen molar-refractivity contribution < 1.29 is 14.3 Å². The van der Waals surface area contributed by atoms with Gasteiger partial charge in [0.15, 0.2) is 0 Å². The van der Waals surface area contributed by atoms with Crippen LogP contribution in [0.5, 0.6) is 5.75 Å². The number of aryl methyl sites for hydroxylation is 1. The second-order valence-electron chi connectivity index (χ2n) is 3.68. The highest BCUT2D eigenvalue weighted by atomic mass is 35.5. The van der Waals surface area contributed by atoms with Crippen molar-refractivity contribution in [3.63, 3.8) is 0 Å². The first-order valence-corrected chi connectivity index (χ1v) is 5.72. The van der Waals surface area contributed by atoms with Gasteiger partial charge in [0.1, 0.15) is 11.8 Å². The number of nitrogens with one attached hydrogen (secondary N) is 1. The molecule has 0 bridgehead atoms. The molecule has 0 saturated heterocycles. The predicted molar refractivity (Wildman–Crippen MR) is 72.4 cm³/mol. The lowest BCUT2D eigenvalue weighted by Crippen LogP contribution is -2.28. The summed E-state index contributed by atoms with van der Waals surface area (Å²) in [5, 5.41) is 3.59. The van der Waals surface area contributed by atoms with Gasteiger partial charge in [0.25, 0.3) is 0 Å². The third-order valence-electron chi connectivity index (χ3n) is 2.48. The van der Waals surface area contributed by atoms with E-state index >= 15 is 0 Å². The number of hydrogen-bond donors (Lipinski definition) is 1. The highest BCUT2D eigenvalue weighted by molar-refractivity contribution is 6.31. The topological polar surface area (TPSA) is 47.6 Å². The zero-order chi connectivity index (χ0) is 13.7. The van der Waals surface area contributed by atoms with E-state index in [1.807, 2.05) is 6.92 Å². The van der Waals surface area contributed by atoms with E-state index in [9.17, 15) is 4.79 Å². The fourth-order valence-corrected chi connectivity index (χ4v) is 1.61. The van der Waals surface area contributed by atoms with Gasteiger partial charge < -0.3 is 14.8 Å². The maximum atomic E-state index is 11.5. The van der Waals surface area contributed by atoms with Crippen LogP contribution in [0.4, 0.5) is 5.69 Å². The summed E-state index contributed by atoms with van der Waals surface area (Å²) in [6.45, 7) is 5.46. The van der Waals surface area contributed by atoms with Crippen molar-refractivity contribution in [3.05, 3.63) is 35.4 Å². The van der Waals surface area contributed by atoms with E-state index in [-0.39, 0.29) is 0 Å². The number of methoxy groups -OCH3 is 2. The number of esters is 1. The molecule has 0 fully saturated rings. The Kier molecular flexibility index (Phi) is 5.04. The van der Waals surface area contributed by atoms with Gasteiger partial charge >= 0.3 is 5.97 Å². The SMILES string of the molecule is C=CC(Nc1cc(C)c(Cl)cc1OC)C(=O)OC. The smallest absolute Gasteiger partial charge is 0.332 e. The first kappa shape index (κ1) is 14.4. The zero-order valence-corrected chi connectivity index (χ0v) is 11.4. The average Bonchev–Trinajstić information content (AvgIpc) is 2.38. The summed E-state index contributed by atoms with van der Waals surface area (Å²) in [5.41, 5.74) is 1.54. The Morgan fingerprint density at radius 3 is 2.67 bits per heavy atom. The second-order valence-corrected chi connectivity index (χ2v) is 4.09. The number of hydrogen-bond acceptors (Lipinski definition) is 4. The molecular weight excluding hydrogens is 254 g/mol. The minimum absolute atomic E-state index is 0.417. The van der Waals surface area contributed by atoms with E-state index in [4.69, 9.17) is 16.3 Å². The molecule has 0 spiro atoms. The Labute approximate surface area is 112 Å². The molecule has 0 saturated carbocycles. The lowest BCUT2D eigenvalue weighted by molar-refractivity contribution is -0.140. The Hall–Kier alpha value is -1.68. The molecule has 1 atom stereocenters. The van der Waals surface area contributed by atoms with Gasteiger partial charge in [-0.1, -0.05) is 17.7 Å². The molecule has 0 aromatic heterocycles. The van der Waals surface area contributed by atoms with Gasteiger partial charge in [-0.25, -0.2) is 4.79 Å². The Bertz CT molecular complexity index is 460. The second kappa shape index (κ2) is 6.31. The number of anilines is 1. The van der Waals surface area contributed by atoms with Gasteiger partial charge in [-0.05, 0) is 18.6 Å². The molecule has 0 aliphatic rings. The molecule has 1 N–H and O–H groups in total. The third-order valence-corrected chi connectivity index (χ3v) is 2.89. The number of halogens is 1. The molecule has 0 radical (unpaired) electrons. The van der Waals surface area contributed by atoms with Gasteiger partial charge in [-0.3, -0.25) is 0 Å². The summed E-state index contributed by atoms with van der Waals surface area (Å²) in [6.07, 6.45) is 1.47. The minimum Gasteiger partial charge on any atom is -0.495 e. The van der Waals surface area contributed by atoms with Gasteiger partial charge in [-0.15, -0.1) is 6.58 Å². The van der Waals surface area contributed by atoms with Crippen LogP contribution in [0.1, 0.15) is 5.56 Å². The molecule has 98 valence electrons. The van der Waals surface area contributed by atoms with Crippen LogP contribution >= 0.6 is 11.6 Å². The van der Waals surface area contributed by atoms with Crippen molar-refractivity contribution in [3.8, 4) is 5.75 Å². The fraction of sp³-hybridized carbons (Fsp3) is 0.308. The molecule has 1 unspecified atom stereocenters. The molecular formula is C13H16ClNO3. The van der Waals surface area contributed by atoms with E-state index in [1.165, 1.54) is 20.3 Å². The number of ether oxygens (including phenoxy) is 2. The lowest BCUT2D eigenvalue weighted by atomic mass is 10.2. The van der Waals surface area contributed by atoms with Gasteiger partial charge in [0, 0.05) is 11.1 Å². The summed E-state index contributed by atoms with van der Waals surface area (Å²) in [6, 6.07) is 2.86. The summed E-state index contributed by atoms with van der Waals surface area (Å²) in [7, 11) is 2.86. The quantitative estimate of drug-likeness (QED) is 0.660. The fourth-order valence-electron chi connectivity index (χ4n) is 1.45. The maximum Gasteiger partial charge on any atom is 0.332 e. The molecule has 18 heavy (non-hydrogen) atoms. The highest BCUT2D eigenvalue weighted by Crippen LogP contribution is 2.31. The zero-order valence-electron chi connectivity index (χ0n) is 10.6. The van der Waals surface area contributed by atoms with Crippen molar-refractivity contribution in [1.82, 2.24) is 0 Å². The molecule has 0 aliphatic heterocycles. The van der Waals surface area contributed by atoms with Crippen LogP contribution < -0.4 is 10.1 Å². The molecule has 4 nitrogen and oxygen atoms in total. The van der Waals surface area contributed by atoms with Crippen molar-refractivity contribution in [1.29, 1.82) is 0 Å². The molecule has 5 heteroatoms. The predicted octanol–water partition coefficient (Wildman–Crippen LogP) is 2.80. The van der Waals surface area contributed by atoms with Gasteiger partial charge in [0.05, 0.1) is 19.9 Å². The molecule has 0 amide bonds. The normalized spacial score (nSPS) is 11.6. The first-order valence-electron chi connectivity index (χ1n) is 5.34. The standard InChI is InChI=1S/C13H16ClNO3/c1-5-10(13(16)18-4)15-11-6-8(2)9(14)7-12(11)17-3/h5-7,10,15H,1H2,2-4H3. The van der Waals surface area contributed by atoms with Crippen LogP contribution in [0.2, 0.25) is 5.02 Å². The minimum atomic E-state index is -0.635. The van der Waals surface area contributed by atoms with Crippen molar-refractivity contribution in [2.75, 3.05) is 19.5 Å². The van der Waals surface area contributed by atoms with Gasteiger partial charge in [-0.2, -0.15) is 0 Å². The average molecular weight is 270 g/mol. The highest BCUT2D eigenvalue weighted by Gasteiger charge is 2.17. The monoisotopic (exact) mass is 269 g/mol. The summed E-state index contributed by atoms with van der Waals surface area (Å²) < 4.78 is 9.87. The summed E-state index contributed by atoms with van der Waals surface area (Å²) >= 11 is 6.01. The summed E-state index contributed by atoms with van der Waals surface area (Å²) in [4.78, 5) is 11.5. The first-order chi connectivity index (χ1) is 8.53. The Morgan fingerprint density at radius 2 is 2.17 bits per heavy atom. The van der Waals surface area contributed by atoms with Gasteiger partial charge in [0.2, 0.25) is 0 Å². The van der Waals surface area contributed by atoms with E-state index < -0.39 is 12.0 Å². The Morgan fingerprint density at radius 1 is 1.50 bits per heavy atom. The van der Waals surface area contributed by atoms with Crippen LogP contribution in [-0.2, 0) is 9.53 Å². The van der Waals surface area contributed by atoms with E-state index in [2.05, 4.69) is 16.6 Å².